The fourth-order valence-corrected chi connectivity index (χ4v) is 2.75. The van der Waals surface area contributed by atoms with Gasteiger partial charge in [0, 0.05) is 11.9 Å². The van der Waals surface area contributed by atoms with Crippen molar-refractivity contribution in [1.29, 1.82) is 0 Å². The lowest BCUT2D eigenvalue weighted by molar-refractivity contribution is 0.0526. The minimum atomic E-state index is -0.479. The number of thiazole rings is 1. The van der Waals surface area contributed by atoms with E-state index in [-0.39, 0.29) is 16.6 Å². The van der Waals surface area contributed by atoms with Gasteiger partial charge in [0.15, 0.2) is 0 Å². The quantitative estimate of drug-likeness (QED) is 0.646. The summed E-state index contributed by atoms with van der Waals surface area (Å²) in [5.41, 5.74) is 1.69. The molecule has 0 bridgehead atoms. The molecule has 1 N–H and O–H groups in total. The van der Waals surface area contributed by atoms with Crippen LogP contribution in [0.5, 0.6) is 0 Å². The standard InChI is InChI=1S/C14H18N2O3S/c1-2-19-14(18)13-16-11(9-20-13)12(17)15-8-7-10-5-3-4-6-10/h5,9H,2-4,6-8H2,1H3,(H,15,17). The third-order valence-electron chi connectivity index (χ3n) is 3.05. The van der Waals surface area contributed by atoms with Crippen molar-refractivity contribution in [3.8, 4) is 0 Å². The van der Waals surface area contributed by atoms with Crippen LogP contribution in [0.2, 0.25) is 0 Å². The van der Waals surface area contributed by atoms with Crippen LogP contribution in [0.3, 0.4) is 0 Å². The Bertz CT molecular complexity index is 522. The van der Waals surface area contributed by atoms with Crippen LogP contribution in [0.4, 0.5) is 0 Å². The van der Waals surface area contributed by atoms with E-state index in [1.807, 2.05) is 0 Å². The topological polar surface area (TPSA) is 68.3 Å². The number of ether oxygens (including phenoxy) is 1. The predicted octanol–water partition coefficient (Wildman–Crippen LogP) is 2.55. The maximum absolute atomic E-state index is 11.9. The molecule has 20 heavy (non-hydrogen) atoms. The molecule has 0 fully saturated rings. The molecule has 1 aromatic rings. The smallest absolute Gasteiger partial charge is 0.367 e. The summed E-state index contributed by atoms with van der Waals surface area (Å²) in [5, 5.41) is 4.62. The number of allylic oxidation sites excluding steroid dienone is 1. The Labute approximate surface area is 122 Å². The van der Waals surface area contributed by atoms with Crippen molar-refractivity contribution in [2.75, 3.05) is 13.2 Å². The number of esters is 1. The Morgan fingerprint density at radius 3 is 3.05 bits per heavy atom. The number of carbonyl (C=O) groups excluding carboxylic acids is 2. The van der Waals surface area contributed by atoms with Crippen LogP contribution >= 0.6 is 11.3 Å². The molecule has 0 saturated heterocycles. The molecule has 0 saturated carbocycles. The van der Waals surface area contributed by atoms with Crippen molar-refractivity contribution in [3.05, 3.63) is 27.7 Å². The molecule has 1 amide bonds. The first-order chi connectivity index (χ1) is 9.70. The third-order valence-corrected chi connectivity index (χ3v) is 3.88. The van der Waals surface area contributed by atoms with Gasteiger partial charge in [0.1, 0.15) is 5.69 Å². The van der Waals surface area contributed by atoms with Crippen molar-refractivity contribution in [1.82, 2.24) is 10.3 Å². The Balaban J connectivity index is 1.81. The summed E-state index contributed by atoms with van der Waals surface area (Å²) in [7, 11) is 0. The monoisotopic (exact) mass is 294 g/mol. The maximum Gasteiger partial charge on any atom is 0.367 e. The second-order valence-corrected chi connectivity index (χ2v) is 5.38. The number of aromatic nitrogens is 1. The third kappa shape index (κ3) is 3.90. The average molecular weight is 294 g/mol. The van der Waals surface area contributed by atoms with Gasteiger partial charge in [-0.3, -0.25) is 4.79 Å². The van der Waals surface area contributed by atoms with Gasteiger partial charge in [-0.15, -0.1) is 11.3 Å². The van der Waals surface area contributed by atoms with Gasteiger partial charge in [0.25, 0.3) is 5.91 Å². The normalized spacial score (nSPS) is 13.9. The number of rotatable bonds is 6. The summed E-state index contributed by atoms with van der Waals surface area (Å²) in [4.78, 5) is 27.3. The van der Waals surface area contributed by atoms with E-state index in [0.29, 0.717) is 13.2 Å². The molecule has 1 heterocycles. The van der Waals surface area contributed by atoms with Gasteiger partial charge < -0.3 is 10.1 Å². The molecule has 0 radical (unpaired) electrons. The van der Waals surface area contributed by atoms with E-state index < -0.39 is 5.97 Å². The van der Waals surface area contributed by atoms with E-state index in [4.69, 9.17) is 4.74 Å². The summed E-state index contributed by atoms with van der Waals surface area (Å²) in [5.74, 6) is -0.719. The molecule has 0 atom stereocenters. The Kier molecular flexibility index (Phi) is 5.29. The van der Waals surface area contributed by atoms with Crippen LogP contribution in [0.1, 0.15) is 52.9 Å². The first kappa shape index (κ1) is 14.7. The van der Waals surface area contributed by atoms with Gasteiger partial charge in [-0.1, -0.05) is 11.6 Å². The molecule has 0 aliphatic heterocycles. The van der Waals surface area contributed by atoms with Gasteiger partial charge in [0.2, 0.25) is 5.01 Å². The molecule has 108 valence electrons. The second-order valence-electron chi connectivity index (χ2n) is 4.52. The van der Waals surface area contributed by atoms with Crippen molar-refractivity contribution >= 4 is 23.2 Å². The number of hydrogen-bond donors (Lipinski definition) is 1. The summed E-state index contributed by atoms with van der Waals surface area (Å²) in [6.45, 7) is 2.64. The number of carbonyl (C=O) groups is 2. The van der Waals surface area contributed by atoms with Crippen LogP contribution in [0.25, 0.3) is 0 Å². The molecule has 0 unspecified atom stereocenters. The van der Waals surface area contributed by atoms with Gasteiger partial charge in [-0.05, 0) is 32.6 Å². The highest BCUT2D eigenvalue weighted by Crippen LogP contribution is 2.19. The van der Waals surface area contributed by atoms with E-state index in [0.717, 1.165) is 30.6 Å². The molecule has 0 spiro atoms. The van der Waals surface area contributed by atoms with Crippen molar-refractivity contribution in [2.45, 2.75) is 32.6 Å². The molecule has 1 aromatic heterocycles. The zero-order chi connectivity index (χ0) is 14.4. The Hall–Kier alpha value is -1.69. The van der Waals surface area contributed by atoms with Gasteiger partial charge in [0.05, 0.1) is 6.61 Å². The molecule has 2 rings (SSSR count). The first-order valence-corrected chi connectivity index (χ1v) is 7.67. The van der Waals surface area contributed by atoms with E-state index in [1.165, 1.54) is 12.0 Å². The summed E-state index contributed by atoms with van der Waals surface area (Å²) in [6.07, 6.45) is 6.64. The Morgan fingerprint density at radius 1 is 1.50 bits per heavy atom. The van der Waals surface area contributed by atoms with E-state index >= 15 is 0 Å². The maximum atomic E-state index is 11.9. The molecular weight excluding hydrogens is 276 g/mol. The van der Waals surface area contributed by atoms with Crippen molar-refractivity contribution in [2.24, 2.45) is 0 Å². The van der Waals surface area contributed by atoms with Crippen LogP contribution in [-0.2, 0) is 4.74 Å². The summed E-state index contributed by atoms with van der Waals surface area (Å²) in [6, 6.07) is 0. The molecule has 1 aliphatic rings. The first-order valence-electron chi connectivity index (χ1n) is 6.79. The average Bonchev–Trinajstić information content (AvgIpc) is 3.10. The largest absolute Gasteiger partial charge is 0.461 e. The minimum Gasteiger partial charge on any atom is -0.461 e. The zero-order valence-electron chi connectivity index (χ0n) is 11.5. The van der Waals surface area contributed by atoms with Crippen LogP contribution in [0, 0.1) is 0 Å². The highest BCUT2D eigenvalue weighted by atomic mass is 32.1. The fraction of sp³-hybridized carbons (Fsp3) is 0.500. The van der Waals surface area contributed by atoms with Crippen LogP contribution in [-0.4, -0.2) is 30.0 Å². The number of amides is 1. The lowest BCUT2D eigenvalue weighted by Crippen LogP contribution is -2.25. The van der Waals surface area contributed by atoms with Crippen LogP contribution < -0.4 is 5.32 Å². The number of nitrogens with zero attached hydrogens (tertiary/aromatic N) is 1. The molecule has 0 aromatic carbocycles. The number of hydrogen-bond acceptors (Lipinski definition) is 5. The molecule has 1 aliphatic carbocycles. The highest BCUT2D eigenvalue weighted by molar-refractivity contribution is 7.11. The summed E-state index contributed by atoms with van der Waals surface area (Å²) < 4.78 is 4.84. The number of nitrogens with one attached hydrogen (secondary N) is 1. The molecule has 5 nitrogen and oxygen atoms in total. The predicted molar refractivity (Wildman–Crippen MR) is 77.0 cm³/mol. The lowest BCUT2D eigenvalue weighted by Gasteiger charge is -2.03. The van der Waals surface area contributed by atoms with E-state index in [9.17, 15) is 9.59 Å². The lowest BCUT2D eigenvalue weighted by atomic mass is 10.2. The molecule has 6 heteroatoms. The highest BCUT2D eigenvalue weighted by Gasteiger charge is 2.16. The SMILES string of the molecule is CCOC(=O)c1nc(C(=O)NCCC2=CCCC2)cs1. The van der Waals surface area contributed by atoms with Crippen molar-refractivity contribution in [3.63, 3.8) is 0 Å². The van der Waals surface area contributed by atoms with Crippen LogP contribution in [0.15, 0.2) is 17.0 Å². The van der Waals surface area contributed by atoms with Gasteiger partial charge >= 0.3 is 5.97 Å². The van der Waals surface area contributed by atoms with E-state index in [2.05, 4.69) is 16.4 Å². The van der Waals surface area contributed by atoms with E-state index in [1.54, 1.807) is 12.3 Å². The van der Waals surface area contributed by atoms with Gasteiger partial charge in [-0.2, -0.15) is 0 Å². The zero-order valence-corrected chi connectivity index (χ0v) is 12.3. The second kappa shape index (κ2) is 7.19. The summed E-state index contributed by atoms with van der Waals surface area (Å²) >= 11 is 1.13. The minimum absolute atomic E-state index is 0.218. The fourth-order valence-electron chi connectivity index (χ4n) is 2.06. The van der Waals surface area contributed by atoms with Crippen molar-refractivity contribution < 1.29 is 14.3 Å². The van der Waals surface area contributed by atoms with Gasteiger partial charge in [-0.25, -0.2) is 9.78 Å². The molecular formula is C14H18N2O3S. The Morgan fingerprint density at radius 2 is 2.35 bits per heavy atom.